The number of carbonyl (C=O) groups excluding carboxylic acids is 1. The number of nitrogens with zero attached hydrogens (tertiary/aromatic N) is 3. The van der Waals surface area contributed by atoms with E-state index in [0.717, 1.165) is 5.69 Å². The van der Waals surface area contributed by atoms with Crippen molar-refractivity contribution in [2.75, 3.05) is 11.1 Å². The van der Waals surface area contributed by atoms with Crippen LogP contribution in [0.15, 0.2) is 24.7 Å². The normalized spacial score (nSPS) is 10.3. The molecule has 6 nitrogen and oxygen atoms in total. The lowest BCUT2D eigenvalue weighted by Crippen LogP contribution is -2.14. The van der Waals surface area contributed by atoms with Gasteiger partial charge in [-0.05, 0) is 12.5 Å². The molecule has 0 atom stereocenters. The molecule has 0 spiro atoms. The maximum absolute atomic E-state index is 12.1. The van der Waals surface area contributed by atoms with Gasteiger partial charge in [-0.3, -0.25) is 14.5 Å². The Morgan fingerprint density at radius 2 is 2.33 bits per heavy atom. The molecule has 0 bridgehead atoms. The van der Waals surface area contributed by atoms with Gasteiger partial charge in [-0.25, -0.2) is 0 Å². The third-order valence-corrected chi connectivity index (χ3v) is 2.58. The topological polar surface area (TPSA) is 85.8 Å². The minimum absolute atomic E-state index is 0.210. The summed E-state index contributed by atoms with van der Waals surface area (Å²) in [7, 11) is 1.79. The van der Waals surface area contributed by atoms with Crippen LogP contribution in [0.4, 0.5) is 11.4 Å². The van der Waals surface area contributed by atoms with Gasteiger partial charge in [-0.2, -0.15) is 5.10 Å². The molecule has 2 heterocycles. The Morgan fingerprint density at radius 1 is 1.56 bits per heavy atom. The fourth-order valence-corrected chi connectivity index (χ4v) is 1.70. The first-order chi connectivity index (χ1) is 8.61. The number of pyridine rings is 1. The maximum Gasteiger partial charge on any atom is 0.259 e. The number of nitrogens with two attached hydrogens (primary N) is 1. The largest absolute Gasteiger partial charge is 0.396 e. The summed E-state index contributed by atoms with van der Waals surface area (Å²) in [6, 6.07) is 1.66. The van der Waals surface area contributed by atoms with Gasteiger partial charge < -0.3 is 11.1 Å². The minimum atomic E-state index is -0.210. The summed E-state index contributed by atoms with van der Waals surface area (Å²) < 4.78 is 1.63. The molecule has 3 N–H and O–H groups in total. The van der Waals surface area contributed by atoms with Crippen LogP contribution in [-0.4, -0.2) is 20.7 Å². The van der Waals surface area contributed by atoms with Crippen molar-refractivity contribution in [3.05, 3.63) is 35.9 Å². The second-order valence-electron chi connectivity index (χ2n) is 3.93. The van der Waals surface area contributed by atoms with E-state index in [1.165, 1.54) is 6.20 Å². The van der Waals surface area contributed by atoms with Crippen molar-refractivity contribution in [2.45, 2.75) is 13.3 Å². The summed E-state index contributed by atoms with van der Waals surface area (Å²) in [6.07, 6.45) is 5.48. The van der Waals surface area contributed by atoms with Crippen LogP contribution in [-0.2, 0) is 13.5 Å². The molecule has 94 valence electrons. The first kappa shape index (κ1) is 12.1. The molecule has 2 aromatic heterocycles. The number of amides is 1. The van der Waals surface area contributed by atoms with Crippen molar-refractivity contribution < 1.29 is 4.79 Å². The summed E-state index contributed by atoms with van der Waals surface area (Å²) in [5, 5.41) is 6.98. The first-order valence-electron chi connectivity index (χ1n) is 5.65. The van der Waals surface area contributed by atoms with E-state index in [-0.39, 0.29) is 5.91 Å². The molecular formula is C12H15N5O. The number of carbonyl (C=O) groups is 1. The van der Waals surface area contributed by atoms with Crippen LogP contribution in [0.3, 0.4) is 0 Å². The van der Waals surface area contributed by atoms with E-state index in [2.05, 4.69) is 15.4 Å². The van der Waals surface area contributed by atoms with Gasteiger partial charge in [0.25, 0.3) is 5.91 Å². The molecule has 18 heavy (non-hydrogen) atoms. The molecule has 0 aliphatic carbocycles. The maximum atomic E-state index is 12.1. The Labute approximate surface area is 105 Å². The quantitative estimate of drug-likeness (QED) is 0.851. The van der Waals surface area contributed by atoms with E-state index in [4.69, 9.17) is 5.73 Å². The number of aromatic nitrogens is 3. The molecule has 0 saturated carbocycles. The van der Waals surface area contributed by atoms with Crippen molar-refractivity contribution in [1.82, 2.24) is 14.8 Å². The summed E-state index contributed by atoms with van der Waals surface area (Å²) in [6.45, 7) is 1.96. The first-order valence-corrected chi connectivity index (χ1v) is 5.65. The number of hydrogen-bond acceptors (Lipinski definition) is 4. The van der Waals surface area contributed by atoms with Crippen molar-refractivity contribution in [2.24, 2.45) is 7.05 Å². The molecule has 2 rings (SSSR count). The van der Waals surface area contributed by atoms with Crippen LogP contribution in [0.5, 0.6) is 0 Å². The fourth-order valence-electron chi connectivity index (χ4n) is 1.70. The van der Waals surface area contributed by atoms with Gasteiger partial charge in [-0.1, -0.05) is 6.92 Å². The highest BCUT2D eigenvalue weighted by atomic mass is 16.1. The van der Waals surface area contributed by atoms with Crippen molar-refractivity contribution >= 4 is 17.3 Å². The number of aryl methyl sites for hydroxylation is 2. The molecule has 6 heteroatoms. The predicted octanol–water partition coefficient (Wildman–Crippen LogP) is 1.21. The Bertz CT molecular complexity index is 576. The Balaban J connectivity index is 2.25. The molecule has 0 aliphatic rings. The summed E-state index contributed by atoms with van der Waals surface area (Å²) in [5.41, 5.74) is 8.05. The van der Waals surface area contributed by atoms with E-state index in [1.54, 1.807) is 30.2 Å². The third kappa shape index (κ3) is 2.32. The Kier molecular flexibility index (Phi) is 3.27. The number of nitrogen functional groups attached to an aromatic ring is 1. The van der Waals surface area contributed by atoms with Crippen LogP contribution in [0.25, 0.3) is 0 Å². The number of anilines is 2. The van der Waals surface area contributed by atoms with Gasteiger partial charge in [-0.15, -0.1) is 0 Å². The zero-order chi connectivity index (χ0) is 13.1. The van der Waals surface area contributed by atoms with Crippen LogP contribution in [0.2, 0.25) is 0 Å². The lowest BCUT2D eigenvalue weighted by Gasteiger charge is -2.06. The zero-order valence-corrected chi connectivity index (χ0v) is 10.3. The van der Waals surface area contributed by atoms with Crippen molar-refractivity contribution in [3.63, 3.8) is 0 Å². The lowest BCUT2D eigenvalue weighted by atomic mass is 10.2. The molecule has 0 saturated heterocycles. The SMILES string of the molecule is CCc1nn(C)cc1C(=O)Nc1ccncc1N. The van der Waals surface area contributed by atoms with Gasteiger partial charge in [0, 0.05) is 19.4 Å². The van der Waals surface area contributed by atoms with E-state index < -0.39 is 0 Å². The van der Waals surface area contributed by atoms with E-state index in [1.807, 2.05) is 6.92 Å². The third-order valence-electron chi connectivity index (χ3n) is 2.58. The minimum Gasteiger partial charge on any atom is -0.396 e. The molecule has 0 radical (unpaired) electrons. The summed E-state index contributed by atoms with van der Waals surface area (Å²) in [4.78, 5) is 16.0. The molecule has 0 aromatic carbocycles. The molecule has 0 unspecified atom stereocenters. The van der Waals surface area contributed by atoms with Gasteiger partial charge in [0.2, 0.25) is 0 Å². The molecule has 0 fully saturated rings. The fraction of sp³-hybridized carbons (Fsp3) is 0.250. The van der Waals surface area contributed by atoms with Crippen LogP contribution >= 0.6 is 0 Å². The van der Waals surface area contributed by atoms with Gasteiger partial charge >= 0.3 is 0 Å². The highest BCUT2D eigenvalue weighted by Gasteiger charge is 2.15. The van der Waals surface area contributed by atoms with Gasteiger partial charge in [0.05, 0.1) is 28.8 Å². The average Bonchev–Trinajstić information content (AvgIpc) is 2.73. The number of nitrogens with one attached hydrogen (secondary N) is 1. The van der Waals surface area contributed by atoms with E-state index in [9.17, 15) is 4.79 Å². The Morgan fingerprint density at radius 3 is 3.00 bits per heavy atom. The van der Waals surface area contributed by atoms with Crippen LogP contribution in [0.1, 0.15) is 23.0 Å². The van der Waals surface area contributed by atoms with Crippen molar-refractivity contribution in [1.29, 1.82) is 0 Å². The molecule has 2 aromatic rings. The standard InChI is InChI=1S/C12H15N5O/c1-3-10-8(7-17(2)16-10)12(18)15-11-4-5-14-6-9(11)13/h4-7H,3,13H2,1-2H3,(H,14,15,18). The summed E-state index contributed by atoms with van der Waals surface area (Å²) >= 11 is 0. The number of rotatable bonds is 3. The molecule has 0 aliphatic heterocycles. The average molecular weight is 245 g/mol. The second-order valence-corrected chi connectivity index (χ2v) is 3.93. The highest BCUT2D eigenvalue weighted by molar-refractivity contribution is 6.06. The zero-order valence-electron chi connectivity index (χ0n) is 10.3. The van der Waals surface area contributed by atoms with E-state index >= 15 is 0 Å². The van der Waals surface area contributed by atoms with Crippen molar-refractivity contribution in [3.8, 4) is 0 Å². The van der Waals surface area contributed by atoms with E-state index in [0.29, 0.717) is 23.4 Å². The van der Waals surface area contributed by atoms with Gasteiger partial charge in [0.1, 0.15) is 0 Å². The Hall–Kier alpha value is -2.37. The number of hydrogen-bond donors (Lipinski definition) is 2. The molecular weight excluding hydrogens is 230 g/mol. The second kappa shape index (κ2) is 4.87. The smallest absolute Gasteiger partial charge is 0.259 e. The predicted molar refractivity (Wildman–Crippen MR) is 69.2 cm³/mol. The summed E-state index contributed by atoms with van der Waals surface area (Å²) in [5.74, 6) is -0.210. The van der Waals surface area contributed by atoms with Crippen LogP contribution < -0.4 is 11.1 Å². The lowest BCUT2D eigenvalue weighted by molar-refractivity contribution is 0.102. The highest BCUT2D eigenvalue weighted by Crippen LogP contribution is 2.17. The van der Waals surface area contributed by atoms with Gasteiger partial charge in [0.15, 0.2) is 0 Å². The van der Waals surface area contributed by atoms with Crippen LogP contribution in [0, 0.1) is 0 Å². The molecule has 1 amide bonds. The monoisotopic (exact) mass is 245 g/mol.